The summed E-state index contributed by atoms with van der Waals surface area (Å²) in [4.78, 5) is 16.3. The molecule has 2 saturated heterocycles. The summed E-state index contributed by atoms with van der Waals surface area (Å²) in [5, 5.41) is 3.28. The molecule has 0 spiro atoms. The van der Waals surface area contributed by atoms with Gasteiger partial charge >= 0.3 is 0 Å². The standard InChI is InChI=1S/C11H21N3O/c1-13-7-3-10(4-8-13)14-9-6-12-5-2-11(14)15/h10,12H,2-9H2,1H3. The highest BCUT2D eigenvalue weighted by Gasteiger charge is 2.27. The zero-order chi connectivity index (χ0) is 10.7. The Balaban J connectivity index is 1.92. The van der Waals surface area contributed by atoms with Crippen molar-refractivity contribution in [3.05, 3.63) is 0 Å². The highest BCUT2D eigenvalue weighted by molar-refractivity contribution is 5.77. The minimum absolute atomic E-state index is 0.342. The lowest BCUT2D eigenvalue weighted by atomic mass is 10.0. The van der Waals surface area contributed by atoms with Crippen molar-refractivity contribution in [3.63, 3.8) is 0 Å². The van der Waals surface area contributed by atoms with Crippen LogP contribution in [0.3, 0.4) is 0 Å². The van der Waals surface area contributed by atoms with Crippen LogP contribution in [0.5, 0.6) is 0 Å². The van der Waals surface area contributed by atoms with Gasteiger partial charge in [0.25, 0.3) is 0 Å². The van der Waals surface area contributed by atoms with E-state index in [0.717, 1.165) is 45.6 Å². The summed E-state index contributed by atoms with van der Waals surface area (Å²) < 4.78 is 0. The van der Waals surface area contributed by atoms with Crippen LogP contribution < -0.4 is 5.32 Å². The molecule has 0 bridgehead atoms. The fourth-order valence-corrected chi connectivity index (χ4v) is 2.48. The molecule has 0 aromatic heterocycles. The number of carbonyl (C=O) groups is 1. The van der Waals surface area contributed by atoms with Gasteiger partial charge in [0.05, 0.1) is 0 Å². The molecule has 1 N–H and O–H groups in total. The first-order chi connectivity index (χ1) is 7.27. The first-order valence-corrected chi connectivity index (χ1v) is 5.96. The molecule has 2 heterocycles. The van der Waals surface area contributed by atoms with Gasteiger partial charge < -0.3 is 15.1 Å². The SMILES string of the molecule is CN1CCC(N2CCNCCC2=O)CC1. The largest absolute Gasteiger partial charge is 0.338 e. The summed E-state index contributed by atoms with van der Waals surface area (Å²) in [6, 6.07) is 0.494. The fourth-order valence-electron chi connectivity index (χ4n) is 2.48. The van der Waals surface area contributed by atoms with Crippen LogP contribution in [-0.2, 0) is 4.79 Å². The maximum absolute atomic E-state index is 11.9. The minimum atomic E-state index is 0.342. The molecule has 86 valence electrons. The lowest BCUT2D eigenvalue weighted by molar-refractivity contribution is -0.133. The van der Waals surface area contributed by atoms with Crippen LogP contribution in [0, 0.1) is 0 Å². The Morgan fingerprint density at radius 1 is 1.20 bits per heavy atom. The van der Waals surface area contributed by atoms with Gasteiger partial charge in [0.15, 0.2) is 0 Å². The topological polar surface area (TPSA) is 35.6 Å². The number of carbonyl (C=O) groups excluding carboxylic acids is 1. The predicted octanol–water partition coefficient (Wildman–Crippen LogP) is -0.0975. The van der Waals surface area contributed by atoms with E-state index in [2.05, 4.69) is 22.2 Å². The van der Waals surface area contributed by atoms with Crippen molar-refractivity contribution in [2.75, 3.05) is 39.8 Å². The van der Waals surface area contributed by atoms with Crippen LogP contribution in [0.4, 0.5) is 0 Å². The van der Waals surface area contributed by atoms with E-state index in [-0.39, 0.29) is 0 Å². The highest BCUT2D eigenvalue weighted by atomic mass is 16.2. The molecule has 0 unspecified atom stereocenters. The van der Waals surface area contributed by atoms with Crippen LogP contribution in [0.15, 0.2) is 0 Å². The molecule has 2 fully saturated rings. The summed E-state index contributed by atoms with van der Waals surface area (Å²) in [5.74, 6) is 0.342. The molecule has 0 radical (unpaired) electrons. The number of nitrogens with zero attached hydrogens (tertiary/aromatic N) is 2. The van der Waals surface area contributed by atoms with Crippen molar-refractivity contribution in [1.29, 1.82) is 0 Å². The zero-order valence-corrected chi connectivity index (χ0v) is 9.54. The second-order valence-corrected chi connectivity index (χ2v) is 4.62. The Bertz CT molecular complexity index is 224. The van der Waals surface area contributed by atoms with Gasteiger partial charge in [-0.05, 0) is 33.0 Å². The molecule has 15 heavy (non-hydrogen) atoms. The molecule has 4 nitrogen and oxygen atoms in total. The molecule has 2 aliphatic rings. The van der Waals surface area contributed by atoms with E-state index < -0.39 is 0 Å². The molecule has 0 aliphatic carbocycles. The summed E-state index contributed by atoms with van der Waals surface area (Å²) in [6.07, 6.45) is 2.96. The number of rotatable bonds is 1. The van der Waals surface area contributed by atoms with Crippen molar-refractivity contribution in [3.8, 4) is 0 Å². The number of likely N-dealkylation sites (tertiary alicyclic amines) is 1. The van der Waals surface area contributed by atoms with Crippen molar-refractivity contribution in [1.82, 2.24) is 15.1 Å². The average molecular weight is 211 g/mol. The normalized spacial score (nSPS) is 26.7. The smallest absolute Gasteiger partial charge is 0.224 e. The summed E-state index contributed by atoms with van der Waals surface area (Å²) in [7, 11) is 2.15. The van der Waals surface area contributed by atoms with Crippen LogP contribution in [0.2, 0.25) is 0 Å². The number of hydrogen-bond donors (Lipinski definition) is 1. The summed E-state index contributed by atoms with van der Waals surface area (Å²) in [6.45, 7) is 4.96. The van der Waals surface area contributed by atoms with E-state index in [1.54, 1.807) is 0 Å². The van der Waals surface area contributed by atoms with Gasteiger partial charge in [0, 0.05) is 32.1 Å². The lowest BCUT2D eigenvalue weighted by Crippen LogP contribution is -2.47. The van der Waals surface area contributed by atoms with Gasteiger partial charge in [-0.1, -0.05) is 0 Å². The average Bonchev–Trinajstić information content (AvgIpc) is 2.44. The van der Waals surface area contributed by atoms with Gasteiger partial charge in [-0.2, -0.15) is 0 Å². The minimum Gasteiger partial charge on any atom is -0.338 e. The fraction of sp³-hybridized carbons (Fsp3) is 0.909. The maximum Gasteiger partial charge on any atom is 0.224 e. The van der Waals surface area contributed by atoms with Gasteiger partial charge in [0.1, 0.15) is 0 Å². The van der Waals surface area contributed by atoms with Gasteiger partial charge in [-0.3, -0.25) is 4.79 Å². The van der Waals surface area contributed by atoms with E-state index in [1.807, 2.05) is 0 Å². The second kappa shape index (κ2) is 4.94. The number of hydrogen-bond acceptors (Lipinski definition) is 3. The molecule has 2 aliphatic heterocycles. The van der Waals surface area contributed by atoms with E-state index in [0.29, 0.717) is 18.4 Å². The molecule has 0 aromatic carbocycles. The first-order valence-electron chi connectivity index (χ1n) is 5.96. The van der Waals surface area contributed by atoms with E-state index >= 15 is 0 Å². The van der Waals surface area contributed by atoms with Gasteiger partial charge in [-0.25, -0.2) is 0 Å². The number of piperidine rings is 1. The van der Waals surface area contributed by atoms with Crippen molar-refractivity contribution < 1.29 is 4.79 Å². The van der Waals surface area contributed by atoms with Crippen molar-refractivity contribution in [2.45, 2.75) is 25.3 Å². The maximum atomic E-state index is 11.9. The quantitative estimate of drug-likeness (QED) is 0.658. The third-order valence-electron chi connectivity index (χ3n) is 3.49. The Morgan fingerprint density at radius 2 is 1.93 bits per heavy atom. The second-order valence-electron chi connectivity index (χ2n) is 4.62. The molecule has 0 aromatic rings. The first kappa shape index (κ1) is 10.9. The lowest BCUT2D eigenvalue weighted by Gasteiger charge is -2.36. The van der Waals surface area contributed by atoms with Crippen LogP contribution >= 0.6 is 0 Å². The highest BCUT2D eigenvalue weighted by Crippen LogP contribution is 2.16. The Morgan fingerprint density at radius 3 is 2.67 bits per heavy atom. The Labute approximate surface area is 91.6 Å². The molecule has 0 saturated carbocycles. The molecular formula is C11H21N3O. The summed E-state index contributed by atoms with van der Waals surface area (Å²) >= 11 is 0. The molecule has 0 atom stereocenters. The Hall–Kier alpha value is -0.610. The van der Waals surface area contributed by atoms with Crippen molar-refractivity contribution >= 4 is 5.91 Å². The number of nitrogens with one attached hydrogen (secondary N) is 1. The Kier molecular flexibility index (Phi) is 3.59. The third-order valence-corrected chi connectivity index (χ3v) is 3.49. The molecule has 2 rings (SSSR count). The molecular weight excluding hydrogens is 190 g/mol. The van der Waals surface area contributed by atoms with E-state index in [9.17, 15) is 4.79 Å². The predicted molar refractivity (Wildman–Crippen MR) is 59.7 cm³/mol. The van der Waals surface area contributed by atoms with Crippen molar-refractivity contribution in [2.24, 2.45) is 0 Å². The third kappa shape index (κ3) is 2.69. The molecule has 4 heteroatoms. The van der Waals surface area contributed by atoms with Crippen LogP contribution in [-0.4, -0.2) is 61.5 Å². The van der Waals surface area contributed by atoms with E-state index in [1.165, 1.54) is 0 Å². The van der Waals surface area contributed by atoms with Crippen LogP contribution in [0.1, 0.15) is 19.3 Å². The monoisotopic (exact) mass is 211 g/mol. The van der Waals surface area contributed by atoms with Gasteiger partial charge in [0.2, 0.25) is 5.91 Å². The molecule has 1 amide bonds. The zero-order valence-electron chi connectivity index (χ0n) is 9.54. The number of amides is 1. The van der Waals surface area contributed by atoms with Gasteiger partial charge in [-0.15, -0.1) is 0 Å². The van der Waals surface area contributed by atoms with Crippen LogP contribution in [0.25, 0.3) is 0 Å². The van der Waals surface area contributed by atoms with E-state index in [4.69, 9.17) is 0 Å². The summed E-state index contributed by atoms with van der Waals surface area (Å²) in [5.41, 5.74) is 0.